The molecule has 67 heavy (non-hydrogen) atoms. The summed E-state index contributed by atoms with van der Waals surface area (Å²) < 4.78 is 6.41. The van der Waals surface area contributed by atoms with Gasteiger partial charge in [0, 0.05) is 33.9 Å². The van der Waals surface area contributed by atoms with Gasteiger partial charge in [-0.1, -0.05) is 206 Å². The number of benzene rings is 11. The molecule has 0 radical (unpaired) electrons. The first-order valence-electron chi connectivity index (χ1n) is 23.1. The van der Waals surface area contributed by atoms with E-state index in [2.05, 4.69) is 254 Å². The highest BCUT2D eigenvalue weighted by Gasteiger charge is 2.45. The zero-order valence-corrected chi connectivity index (χ0v) is 36.7. The Bertz CT molecular complexity index is 3740. The average Bonchev–Trinajstić information content (AvgIpc) is 3.93. The third kappa shape index (κ3) is 6.33. The van der Waals surface area contributed by atoms with Crippen molar-refractivity contribution in [2.24, 2.45) is 0 Å². The molecular weight excluding hydrogens is 811 g/mol. The van der Waals surface area contributed by atoms with E-state index in [0.717, 1.165) is 44.6 Å². The second-order valence-electron chi connectivity index (χ2n) is 17.6. The molecule has 0 fully saturated rings. The van der Waals surface area contributed by atoms with Gasteiger partial charge in [0.2, 0.25) is 0 Å². The van der Waals surface area contributed by atoms with Gasteiger partial charge in [0.05, 0.1) is 5.41 Å². The highest BCUT2D eigenvalue weighted by atomic mass is 16.3. The molecule has 1 heterocycles. The molecule has 314 valence electrons. The molecule has 0 bridgehead atoms. The van der Waals surface area contributed by atoms with Crippen LogP contribution in [0.2, 0.25) is 0 Å². The number of anilines is 3. The first-order chi connectivity index (χ1) is 33.2. The largest absolute Gasteiger partial charge is 0.456 e. The predicted molar refractivity (Wildman–Crippen MR) is 280 cm³/mol. The Morgan fingerprint density at radius 1 is 0.284 bits per heavy atom. The molecular formula is C65H43NO. The van der Waals surface area contributed by atoms with Crippen LogP contribution in [0.1, 0.15) is 22.3 Å². The van der Waals surface area contributed by atoms with Gasteiger partial charge in [-0.2, -0.15) is 0 Å². The summed E-state index contributed by atoms with van der Waals surface area (Å²) in [6, 6.07) is 94.9. The molecule has 2 heteroatoms. The summed E-state index contributed by atoms with van der Waals surface area (Å²) in [5.41, 5.74) is 19.4. The van der Waals surface area contributed by atoms with Gasteiger partial charge in [0.25, 0.3) is 0 Å². The molecule has 0 aliphatic heterocycles. The molecule has 1 aliphatic rings. The fraction of sp³-hybridized carbons (Fsp3) is 0.0154. The SMILES string of the molecule is c1ccc(C2(c3cccc(-c4ccc(-c5ccc(N(c6ccc(-c7cccc8ccccc78)cc6)c6ccc7c(c6)oc6ccccc67)cc5)cc4)c3)c3ccccc3-c3ccccc32)cc1. The topological polar surface area (TPSA) is 16.4 Å². The highest BCUT2D eigenvalue weighted by Crippen LogP contribution is 2.56. The molecule has 1 aromatic heterocycles. The van der Waals surface area contributed by atoms with Gasteiger partial charge < -0.3 is 9.32 Å². The van der Waals surface area contributed by atoms with E-state index in [0.29, 0.717) is 0 Å². The van der Waals surface area contributed by atoms with Crippen LogP contribution in [0, 0.1) is 0 Å². The van der Waals surface area contributed by atoms with Crippen LogP contribution >= 0.6 is 0 Å². The fourth-order valence-electron chi connectivity index (χ4n) is 10.9. The average molecular weight is 854 g/mol. The molecule has 11 aromatic carbocycles. The minimum Gasteiger partial charge on any atom is -0.456 e. The summed E-state index contributed by atoms with van der Waals surface area (Å²) in [5, 5.41) is 4.73. The first-order valence-corrected chi connectivity index (χ1v) is 23.1. The van der Waals surface area contributed by atoms with E-state index in [9.17, 15) is 0 Å². The second kappa shape index (κ2) is 15.8. The van der Waals surface area contributed by atoms with Gasteiger partial charge in [-0.05, 0) is 126 Å². The first kappa shape index (κ1) is 38.7. The summed E-state index contributed by atoms with van der Waals surface area (Å²) in [5.74, 6) is 0. The Morgan fingerprint density at radius 2 is 0.776 bits per heavy atom. The van der Waals surface area contributed by atoms with Gasteiger partial charge in [-0.15, -0.1) is 0 Å². The lowest BCUT2D eigenvalue weighted by molar-refractivity contribution is 0.669. The minimum atomic E-state index is -0.434. The number of para-hydroxylation sites is 1. The van der Waals surface area contributed by atoms with Crippen molar-refractivity contribution in [3.8, 4) is 44.5 Å². The quantitative estimate of drug-likeness (QED) is 0.151. The smallest absolute Gasteiger partial charge is 0.137 e. The van der Waals surface area contributed by atoms with Crippen LogP contribution in [0.4, 0.5) is 17.1 Å². The van der Waals surface area contributed by atoms with Crippen molar-refractivity contribution in [2.75, 3.05) is 4.90 Å². The normalized spacial score (nSPS) is 12.6. The van der Waals surface area contributed by atoms with Crippen molar-refractivity contribution in [2.45, 2.75) is 5.41 Å². The van der Waals surface area contributed by atoms with Crippen LogP contribution in [-0.2, 0) is 5.41 Å². The van der Waals surface area contributed by atoms with Crippen molar-refractivity contribution in [1.82, 2.24) is 0 Å². The van der Waals surface area contributed by atoms with Crippen LogP contribution < -0.4 is 4.90 Å². The lowest BCUT2D eigenvalue weighted by atomic mass is 9.67. The van der Waals surface area contributed by atoms with Crippen molar-refractivity contribution >= 4 is 49.8 Å². The Morgan fingerprint density at radius 3 is 1.49 bits per heavy atom. The molecule has 0 spiro atoms. The van der Waals surface area contributed by atoms with Crippen molar-refractivity contribution < 1.29 is 4.42 Å². The molecule has 0 amide bonds. The Labute approximate surface area is 390 Å². The lowest BCUT2D eigenvalue weighted by Gasteiger charge is -2.34. The van der Waals surface area contributed by atoms with Gasteiger partial charge in [0.1, 0.15) is 11.2 Å². The van der Waals surface area contributed by atoms with Crippen molar-refractivity contribution in [3.63, 3.8) is 0 Å². The van der Waals surface area contributed by atoms with Gasteiger partial charge in [-0.25, -0.2) is 0 Å². The zero-order chi connectivity index (χ0) is 44.3. The van der Waals surface area contributed by atoms with Crippen molar-refractivity contribution in [1.29, 1.82) is 0 Å². The van der Waals surface area contributed by atoms with Crippen LogP contribution in [0.15, 0.2) is 265 Å². The Kier molecular flexibility index (Phi) is 9.11. The number of hydrogen-bond acceptors (Lipinski definition) is 2. The molecule has 0 N–H and O–H groups in total. The summed E-state index contributed by atoms with van der Waals surface area (Å²) in [6.45, 7) is 0. The summed E-state index contributed by atoms with van der Waals surface area (Å²) in [6.07, 6.45) is 0. The highest BCUT2D eigenvalue weighted by molar-refractivity contribution is 6.06. The molecule has 0 saturated carbocycles. The zero-order valence-electron chi connectivity index (χ0n) is 36.7. The maximum atomic E-state index is 6.41. The summed E-state index contributed by atoms with van der Waals surface area (Å²) in [7, 11) is 0. The Hall–Kier alpha value is -8.72. The molecule has 13 rings (SSSR count). The van der Waals surface area contributed by atoms with Gasteiger partial charge in [-0.3, -0.25) is 0 Å². The lowest BCUT2D eigenvalue weighted by Crippen LogP contribution is -2.28. The third-order valence-corrected chi connectivity index (χ3v) is 14.0. The summed E-state index contributed by atoms with van der Waals surface area (Å²) in [4.78, 5) is 2.32. The van der Waals surface area contributed by atoms with E-state index < -0.39 is 5.41 Å². The third-order valence-electron chi connectivity index (χ3n) is 14.0. The van der Waals surface area contributed by atoms with Gasteiger partial charge >= 0.3 is 0 Å². The number of hydrogen-bond donors (Lipinski definition) is 0. The van der Waals surface area contributed by atoms with E-state index in [1.54, 1.807) is 0 Å². The van der Waals surface area contributed by atoms with Gasteiger partial charge in [0.15, 0.2) is 0 Å². The number of rotatable bonds is 8. The van der Waals surface area contributed by atoms with Crippen LogP contribution in [0.3, 0.4) is 0 Å². The van der Waals surface area contributed by atoms with E-state index >= 15 is 0 Å². The molecule has 0 saturated heterocycles. The van der Waals surface area contributed by atoms with Crippen LogP contribution in [-0.4, -0.2) is 0 Å². The van der Waals surface area contributed by atoms with E-state index in [-0.39, 0.29) is 0 Å². The van der Waals surface area contributed by atoms with Crippen molar-refractivity contribution in [3.05, 3.63) is 283 Å². The van der Waals surface area contributed by atoms with Crippen LogP contribution in [0.25, 0.3) is 77.2 Å². The molecule has 12 aromatic rings. The minimum absolute atomic E-state index is 0.434. The molecule has 0 unspecified atom stereocenters. The van der Waals surface area contributed by atoms with Crippen LogP contribution in [0.5, 0.6) is 0 Å². The van der Waals surface area contributed by atoms with E-state index in [1.807, 2.05) is 12.1 Å². The standard InChI is InChI=1S/C65H43NO/c1-2-17-50(18-3-1)65(61-25-9-6-21-57(61)58-22-7-10-26-62(58)65)51-19-12-16-49(42-51)46-30-28-44(29-31-46)45-32-36-52(37-33-45)66(54-40-41-60-59-23-8-11-27-63(59)67-64(60)43-54)53-38-34-48(35-39-53)56-24-13-15-47-14-4-5-20-55(47)56/h1-43H. The maximum Gasteiger partial charge on any atom is 0.137 e. The monoisotopic (exact) mass is 853 g/mol. The number of nitrogens with zero attached hydrogens (tertiary/aromatic N) is 1. The number of furan rings is 1. The second-order valence-corrected chi connectivity index (χ2v) is 17.6. The predicted octanol–water partition coefficient (Wildman–Crippen LogP) is 17.6. The molecule has 1 aliphatic carbocycles. The summed E-state index contributed by atoms with van der Waals surface area (Å²) >= 11 is 0. The molecule has 2 nitrogen and oxygen atoms in total. The maximum absolute atomic E-state index is 6.41. The number of fused-ring (bicyclic) bond motifs is 7. The van der Waals surface area contributed by atoms with E-state index in [4.69, 9.17) is 4.42 Å². The Balaban J connectivity index is 0.849. The molecule has 0 atom stereocenters. The fourth-order valence-corrected chi connectivity index (χ4v) is 10.9. The van der Waals surface area contributed by atoms with E-state index in [1.165, 1.54) is 72.0 Å².